The Morgan fingerprint density at radius 2 is 2.00 bits per heavy atom. The van der Waals surface area contributed by atoms with E-state index in [2.05, 4.69) is 6.58 Å². The van der Waals surface area contributed by atoms with Gasteiger partial charge in [-0.3, -0.25) is 0 Å². The largest absolute Gasteiger partial charge is 0.375 e. The van der Waals surface area contributed by atoms with Crippen molar-refractivity contribution in [3.05, 3.63) is 36.2 Å². The predicted molar refractivity (Wildman–Crippen MR) is 55.4 cm³/mol. The van der Waals surface area contributed by atoms with E-state index in [0.29, 0.717) is 5.69 Å². The Labute approximate surface area is 78.5 Å². The molecule has 1 nitrogen and oxygen atoms in total. The number of anilines is 1. The molecule has 0 amide bonds. The number of nitrogens with zero attached hydrogens (tertiary/aromatic N) is 1. The molecular weight excluding hydrogens is 165 g/mol. The van der Waals surface area contributed by atoms with Gasteiger partial charge in [0, 0.05) is 14.1 Å². The van der Waals surface area contributed by atoms with Crippen molar-refractivity contribution in [2.24, 2.45) is 0 Å². The normalized spacial score (nSPS) is 9.85. The first-order valence-corrected chi connectivity index (χ1v) is 4.15. The van der Waals surface area contributed by atoms with E-state index in [1.807, 2.05) is 21.0 Å². The van der Waals surface area contributed by atoms with Crippen molar-refractivity contribution in [1.29, 1.82) is 0 Å². The first-order valence-electron chi connectivity index (χ1n) is 4.15. The molecule has 1 aromatic carbocycles. The SMILES string of the molecule is C=C(C)c1ccc(F)c(N(C)C)c1. The summed E-state index contributed by atoms with van der Waals surface area (Å²) in [5, 5.41) is 0. The van der Waals surface area contributed by atoms with Crippen molar-refractivity contribution in [3.8, 4) is 0 Å². The molecule has 0 unspecified atom stereocenters. The molecule has 2 heteroatoms. The van der Waals surface area contributed by atoms with Crippen molar-refractivity contribution in [2.45, 2.75) is 6.92 Å². The predicted octanol–water partition coefficient (Wildman–Crippen LogP) is 2.92. The van der Waals surface area contributed by atoms with E-state index in [1.165, 1.54) is 6.07 Å². The second-order valence-electron chi connectivity index (χ2n) is 3.34. The first kappa shape index (κ1) is 9.78. The lowest BCUT2D eigenvalue weighted by molar-refractivity contribution is 0.626. The Morgan fingerprint density at radius 3 is 2.46 bits per heavy atom. The van der Waals surface area contributed by atoms with Crippen molar-refractivity contribution < 1.29 is 4.39 Å². The van der Waals surface area contributed by atoms with Crippen LogP contribution in [0.4, 0.5) is 10.1 Å². The lowest BCUT2D eigenvalue weighted by atomic mass is 10.1. The molecule has 1 rings (SSSR count). The van der Waals surface area contributed by atoms with Gasteiger partial charge in [-0.25, -0.2) is 4.39 Å². The zero-order valence-corrected chi connectivity index (χ0v) is 8.26. The van der Waals surface area contributed by atoms with Gasteiger partial charge in [-0.15, -0.1) is 0 Å². The third-order valence-corrected chi connectivity index (χ3v) is 1.92. The molecule has 0 heterocycles. The lowest BCUT2D eigenvalue weighted by Gasteiger charge is -2.14. The summed E-state index contributed by atoms with van der Waals surface area (Å²) < 4.78 is 13.2. The lowest BCUT2D eigenvalue weighted by Crippen LogP contribution is -2.10. The Hall–Kier alpha value is -1.31. The summed E-state index contributed by atoms with van der Waals surface area (Å²) in [6, 6.07) is 5.02. The minimum atomic E-state index is -0.199. The maximum atomic E-state index is 13.2. The van der Waals surface area contributed by atoms with Crippen LogP contribution >= 0.6 is 0 Å². The molecule has 0 radical (unpaired) electrons. The van der Waals surface area contributed by atoms with E-state index in [-0.39, 0.29) is 5.82 Å². The number of rotatable bonds is 2. The summed E-state index contributed by atoms with van der Waals surface area (Å²) in [4.78, 5) is 1.75. The van der Waals surface area contributed by atoms with Gasteiger partial charge in [0.25, 0.3) is 0 Å². The van der Waals surface area contributed by atoms with Gasteiger partial charge < -0.3 is 4.90 Å². The highest BCUT2D eigenvalue weighted by Gasteiger charge is 2.05. The van der Waals surface area contributed by atoms with Crippen LogP contribution in [0.3, 0.4) is 0 Å². The molecule has 0 saturated carbocycles. The summed E-state index contributed by atoms with van der Waals surface area (Å²) in [5.74, 6) is -0.199. The van der Waals surface area contributed by atoms with Crippen LogP contribution in [0, 0.1) is 5.82 Å². The Morgan fingerprint density at radius 1 is 1.38 bits per heavy atom. The Balaban J connectivity index is 3.19. The molecule has 0 aliphatic rings. The van der Waals surface area contributed by atoms with Crippen LogP contribution in [0.2, 0.25) is 0 Å². The van der Waals surface area contributed by atoms with Crippen molar-refractivity contribution in [3.63, 3.8) is 0 Å². The number of halogens is 1. The van der Waals surface area contributed by atoms with E-state index >= 15 is 0 Å². The van der Waals surface area contributed by atoms with Gasteiger partial charge in [-0.2, -0.15) is 0 Å². The molecule has 13 heavy (non-hydrogen) atoms. The van der Waals surface area contributed by atoms with Gasteiger partial charge in [-0.1, -0.05) is 18.2 Å². The average Bonchev–Trinajstić information content (AvgIpc) is 2.04. The fourth-order valence-electron chi connectivity index (χ4n) is 1.12. The number of allylic oxidation sites excluding steroid dienone is 1. The number of hydrogen-bond donors (Lipinski definition) is 0. The molecule has 70 valence electrons. The summed E-state index contributed by atoms with van der Waals surface area (Å²) in [5.41, 5.74) is 2.52. The van der Waals surface area contributed by atoms with Crippen LogP contribution in [-0.2, 0) is 0 Å². The fraction of sp³-hybridized carbons (Fsp3) is 0.273. The standard InChI is InChI=1S/C11H14FN/c1-8(2)9-5-6-10(12)11(7-9)13(3)4/h5-7H,1H2,2-4H3. The van der Waals surface area contributed by atoms with Gasteiger partial charge in [0.2, 0.25) is 0 Å². The monoisotopic (exact) mass is 179 g/mol. The number of hydrogen-bond acceptors (Lipinski definition) is 1. The molecule has 0 fully saturated rings. The van der Waals surface area contributed by atoms with E-state index in [1.54, 1.807) is 17.0 Å². The third-order valence-electron chi connectivity index (χ3n) is 1.92. The molecule has 0 aliphatic carbocycles. The van der Waals surface area contributed by atoms with Crippen LogP contribution in [-0.4, -0.2) is 14.1 Å². The van der Waals surface area contributed by atoms with Gasteiger partial charge in [0.15, 0.2) is 0 Å². The van der Waals surface area contributed by atoms with Crippen molar-refractivity contribution in [2.75, 3.05) is 19.0 Å². The smallest absolute Gasteiger partial charge is 0.146 e. The number of benzene rings is 1. The molecule has 1 aromatic rings. The minimum Gasteiger partial charge on any atom is -0.375 e. The summed E-state index contributed by atoms with van der Waals surface area (Å²) in [7, 11) is 3.64. The van der Waals surface area contributed by atoms with Crippen molar-refractivity contribution in [1.82, 2.24) is 0 Å². The zero-order valence-electron chi connectivity index (χ0n) is 8.26. The van der Waals surface area contributed by atoms with Crippen LogP contribution in [0.5, 0.6) is 0 Å². The van der Waals surface area contributed by atoms with Gasteiger partial charge in [0.05, 0.1) is 5.69 Å². The molecule has 0 aromatic heterocycles. The van der Waals surface area contributed by atoms with E-state index < -0.39 is 0 Å². The fourth-order valence-corrected chi connectivity index (χ4v) is 1.12. The van der Waals surface area contributed by atoms with E-state index in [4.69, 9.17) is 0 Å². The molecule has 0 saturated heterocycles. The molecule has 0 spiro atoms. The van der Waals surface area contributed by atoms with Crippen LogP contribution in [0.1, 0.15) is 12.5 Å². The van der Waals surface area contributed by atoms with Gasteiger partial charge in [-0.05, 0) is 24.6 Å². The van der Waals surface area contributed by atoms with Gasteiger partial charge >= 0.3 is 0 Å². The molecular formula is C11H14FN. The molecule has 0 atom stereocenters. The third kappa shape index (κ3) is 2.08. The average molecular weight is 179 g/mol. The molecule has 0 N–H and O–H groups in total. The van der Waals surface area contributed by atoms with E-state index in [9.17, 15) is 4.39 Å². The minimum absolute atomic E-state index is 0.199. The first-order chi connectivity index (χ1) is 6.02. The van der Waals surface area contributed by atoms with Gasteiger partial charge in [0.1, 0.15) is 5.82 Å². The Kier molecular flexibility index (Phi) is 2.71. The van der Waals surface area contributed by atoms with Crippen LogP contribution in [0.25, 0.3) is 5.57 Å². The van der Waals surface area contributed by atoms with E-state index in [0.717, 1.165) is 11.1 Å². The summed E-state index contributed by atoms with van der Waals surface area (Å²) in [6.07, 6.45) is 0. The molecule has 0 aliphatic heterocycles. The maximum absolute atomic E-state index is 13.2. The topological polar surface area (TPSA) is 3.24 Å². The summed E-state index contributed by atoms with van der Waals surface area (Å²) in [6.45, 7) is 5.72. The Bertz CT molecular complexity index is 329. The molecule has 0 bridgehead atoms. The second kappa shape index (κ2) is 3.60. The zero-order chi connectivity index (χ0) is 10.0. The highest BCUT2D eigenvalue weighted by atomic mass is 19.1. The highest BCUT2D eigenvalue weighted by Crippen LogP contribution is 2.22. The van der Waals surface area contributed by atoms with Crippen molar-refractivity contribution >= 4 is 11.3 Å². The van der Waals surface area contributed by atoms with Crippen LogP contribution < -0.4 is 4.90 Å². The maximum Gasteiger partial charge on any atom is 0.146 e. The second-order valence-corrected chi connectivity index (χ2v) is 3.34. The highest BCUT2D eigenvalue weighted by molar-refractivity contribution is 5.66. The summed E-state index contributed by atoms with van der Waals surface area (Å²) >= 11 is 0. The van der Waals surface area contributed by atoms with Crippen LogP contribution in [0.15, 0.2) is 24.8 Å². The quantitative estimate of drug-likeness (QED) is 0.674.